The number of amides is 4. The Balaban J connectivity index is 1.91. The number of nitrogens with zero attached hydrogens (tertiary/aromatic N) is 2. The van der Waals surface area contributed by atoms with Gasteiger partial charge < -0.3 is 19.5 Å². The Hall–Kier alpha value is -5.23. The number of hydrogen-bond donors (Lipinski definition) is 1. The number of carbonyl (C=O) groups excluding carboxylic acids is 6. The van der Waals surface area contributed by atoms with E-state index in [1.54, 1.807) is 69.3 Å². The first-order valence-electron chi connectivity index (χ1n) is 14.2. The predicted molar refractivity (Wildman–Crippen MR) is 166 cm³/mol. The van der Waals surface area contributed by atoms with Crippen LogP contribution in [-0.2, 0) is 35.2 Å². The summed E-state index contributed by atoms with van der Waals surface area (Å²) in [6, 6.07) is 22.2. The number of carbonyl (C=O) groups is 6. The molecule has 242 valence electrons. The topological polar surface area (TPSA) is 149 Å². The molecule has 0 aliphatic carbocycles. The maximum atomic E-state index is 13.9. The lowest BCUT2D eigenvalue weighted by atomic mass is 10.1. The Labute approximate surface area is 271 Å². The molecule has 0 aliphatic rings. The van der Waals surface area contributed by atoms with Gasteiger partial charge in [0, 0.05) is 22.6 Å². The first-order chi connectivity index (χ1) is 21.8. The highest BCUT2D eigenvalue weighted by Gasteiger charge is 2.43. The van der Waals surface area contributed by atoms with Crippen molar-refractivity contribution in [3.05, 3.63) is 107 Å². The van der Waals surface area contributed by atoms with Crippen molar-refractivity contribution in [3.63, 3.8) is 0 Å². The van der Waals surface area contributed by atoms with Crippen molar-refractivity contribution in [2.24, 2.45) is 0 Å². The van der Waals surface area contributed by atoms with E-state index in [0.29, 0.717) is 15.6 Å². The monoisotopic (exact) mass is 651 g/mol. The first kappa shape index (κ1) is 35.3. The van der Waals surface area contributed by atoms with Crippen LogP contribution in [0.3, 0.4) is 0 Å². The molecule has 0 saturated heterocycles. The van der Waals surface area contributed by atoms with Crippen LogP contribution in [0.15, 0.2) is 84.9 Å². The second-order valence-electron chi connectivity index (χ2n) is 10.7. The highest BCUT2D eigenvalue weighted by molar-refractivity contribution is 6.30. The molecule has 3 rings (SSSR count). The first-order valence-corrected chi connectivity index (χ1v) is 14.6. The number of benzene rings is 3. The van der Waals surface area contributed by atoms with E-state index in [9.17, 15) is 28.8 Å². The number of hydrazine groups is 1. The molecule has 0 radical (unpaired) electrons. The summed E-state index contributed by atoms with van der Waals surface area (Å²) >= 11 is 5.99. The van der Waals surface area contributed by atoms with Crippen LogP contribution >= 0.6 is 11.6 Å². The van der Waals surface area contributed by atoms with Gasteiger partial charge in [0.15, 0.2) is 0 Å². The van der Waals surface area contributed by atoms with Crippen molar-refractivity contribution >= 4 is 47.4 Å². The quantitative estimate of drug-likeness (QED) is 0.183. The third-order valence-corrected chi connectivity index (χ3v) is 6.36. The molecule has 0 saturated carbocycles. The zero-order valence-corrected chi connectivity index (χ0v) is 26.5. The Morgan fingerprint density at radius 2 is 1.33 bits per heavy atom. The van der Waals surface area contributed by atoms with Gasteiger partial charge in [-0.25, -0.2) is 9.80 Å². The smallest absolute Gasteiger partial charge is 0.440 e. The summed E-state index contributed by atoms with van der Waals surface area (Å²) in [6.07, 6.45) is -3.96. The Morgan fingerprint density at radius 3 is 1.89 bits per heavy atom. The number of hydrogen-bond acceptors (Lipinski definition) is 9. The third kappa shape index (κ3) is 9.89. The Bertz CT molecular complexity index is 1540. The highest BCUT2D eigenvalue weighted by atomic mass is 35.5. The van der Waals surface area contributed by atoms with Crippen molar-refractivity contribution in [3.8, 4) is 0 Å². The Kier molecular flexibility index (Phi) is 12.4. The van der Waals surface area contributed by atoms with Gasteiger partial charge in [0.25, 0.3) is 11.8 Å². The maximum Gasteiger partial charge on any atom is 0.440 e. The number of imide groups is 1. The molecule has 0 fully saturated rings. The largest absolute Gasteiger partial charge is 0.460 e. The minimum absolute atomic E-state index is 0.0517. The molecule has 12 nitrogen and oxygen atoms in total. The lowest BCUT2D eigenvalue weighted by Gasteiger charge is -2.41. The van der Waals surface area contributed by atoms with Gasteiger partial charge in [0.05, 0.1) is 5.54 Å². The summed E-state index contributed by atoms with van der Waals surface area (Å²) in [5.74, 6) is -4.70. The molecule has 13 heteroatoms. The third-order valence-electron chi connectivity index (χ3n) is 6.10. The zero-order chi connectivity index (χ0) is 33.9. The lowest BCUT2D eigenvalue weighted by Crippen LogP contribution is -2.61. The van der Waals surface area contributed by atoms with E-state index in [4.69, 9.17) is 25.8 Å². The van der Waals surface area contributed by atoms with Gasteiger partial charge in [0.2, 0.25) is 0 Å². The summed E-state index contributed by atoms with van der Waals surface area (Å²) in [6.45, 7) is 5.45. The van der Waals surface area contributed by atoms with E-state index in [-0.39, 0.29) is 24.2 Å². The summed E-state index contributed by atoms with van der Waals surface area (Å²) < 4.78 is 15.5. The molecule has 1 atom stereocenters. The van der Waals surface area contributed by atoms with E-state index >= 15 is 0 Å². The molecule has 0 aliphatic heterocycles. The van der Waals surface area contributed by atoms with Crippen molar-refractivity contribution in [2.75, 3.05) is 6.54 Å². The van der Waals surface area contributed by atoms with Gasteiger partial charge in [-0.1, -0.05) is 67.1 Å². The average molecular weight is 652 g/mol. The molecule has 0 bridgehead atoms. The molecular weight excluding hydrogens is 618 g/mol. The highest BCUT2D eigenvalue weighted by Crippen LogP contribution is 2.24. The second-order valence-corrected chi connectivity index (χ2v) is 11.1. The number of rotatable bonds is 10. The zero-order valence-electron chi connectivity index (χ0n) is 25.7. The van der Waals surface area contributed by atoms with Crippen LogP contribution in [0.2, 0.25) is 5.02 Å². The summed E-state index contributed by atoms with van der Waals surface area (Å²) in [5.41, 5.74) is -0.414. The molecule has 46 heavy (non-hydrogen) atoms. The average Bonchev–Trinajstić information content (AvgIpc) is 3.04. The fourth-order valence-corrected chi connectivity index (χ4v) is 4.00. The van der Waals surface area contributed by atoms with Crippen LogP contribution in [0.5, 0.6) is 0 Å². The molecule has 1 N–H and O–H groups in total. The van der Waals surface area contributed by atoms with Gasteiger partial charge in [-0.15, -0.1) is 5.01 Å². The van der Waals surface area contributed by atoms with Crippen LogP contribution < -0.4 is 5.32 Å². The van der Waals surface area contributed by atoms with Crippen LogP contribution in [0.25, 0.3) is 0 Å². The molecule has 3 aromatic rings. The molecule has 0 heterocycles. The molecule has 0 aromatic heterocycles. The van der Waals surface area contributed by atoms with E-state index in [0.717, 1.165) is 5.01 Å². The maximum absolute atomic E-state index is 13.9. The van der Waals surface area contributed by atoms with Crippen LogP contribution in [-0.4, -0.2) is 64.1 Å². The molecule has 3 aromatic carbocycles. The van der Waals surface area contributed by atoms with Crippen molar-refractivity contribution in [2.45, 2.75) is 52.6 Å². The number of nitrogens with one attached hydrogen (secondary N) is 1. The standard InChI is InChI=1S/C33H34ClN3O9/c1-5-26(38)45-31(28(40)35-20-27(39)44-21-22-12-8-6-9-13-22)46-32(43)36(29(41)24-16-18-25(34)19-17-24)37(33(2,3)4)30(42)23-14-10-7-11-15-23/h6-19,31H,5,20-21H2,1-4H3,(H,35,40). The van der Waals surface area contributed by atoms with Crippen molar-refractivity contribution in [1.29, 1.82) is 0 Å². The van der Waals surface area contributed by atoms with E-state index in [1.165, 1.54) is 43.3 Å². The van der Waals surface area contributed by atoms with Crippen LogP contribution in [0.1, 0.15) is 60.4 Å². The van der Waals surface area contributed by atoms with Gasteiger partial charge in [-0.3, -0.25) is 24.0 Å². The SMILES string of the molecule is CCC(=O)OC(OC(=O)N(C(=O)c1ccc(Cl)cc1)N(C(=O)c1ccccc1)C(C)(C)C)C(=O)NCC(=O)OCc1ccccc1. The summed E-state index contributed by atoms with van der Waals surface area (Å²) in [5, 5.41) is 3.81. The van der Waals surface area contributed by atoms with E-state index < -0.39 is 54.1 Å². The fraction of sp³-hybridized carbons (Fsp3) is 0.273. The molecular formula is C33H34ClN3O9. The van der Waals surface area contributed by atoms with Gasteiger partial charge >= 0.3 is 30.2 Å². The van der Waals surface area contributed by atoms with E-state index in [1.807, 2.05) is 0 Å². The van der Waals surface area contributed by atoms with Crippen molar-refractivity contribution in [1.82, 2.24) is 15.3 Å². The minimum Gasteiger partial charge on any atom is -0.460 e. The fourth-order valence-electron chi connectivity index (χ4n) is 3.88. The molecule has 1 unspecified atom stereocenters. The number of halogens is 1. The normalized spacial score (nSPS) is 11.4. The summed E-state index contributed by atoms with van der Waals surface area (Å²) in [4.78, 5) is 79.0. The summed E-state index contributed by atoms with van der Waals surface area (Å²) in [7, 11) is 0. The van der Waals surface area contributed by atoms with Crippen LogP contribution in [0, 0.1) is 0 Å². The predicted octanol–water partition coefficient (Wildman–Crippen LogP) is 4.91. The van der Waals surface area contributed by atoms with Crippen LogP contribution in [0.4, 0.5) is 4.79 Å². The van der Waals surface area contributed by atoms with Gasteiger partial charge in [-0.05, 0) is 62.7 Å². The second kappa shape index (κ2) is 16.2. The minimum atomic E-state index is -2.24. The Morgan fingerprint density at radius 1 is 0.761 bits per heavy atom. The van der Waals surface area contributed by atoms with Gasteiger partial charge in [-0.2, -0.15) is 0 Å². The molecule has 0 spiro atoms. The van der Waals surface area contributed by atoms with E-state index in [2.05, 4.69) is 5.32 Å². The lowest BCUT2D eigenvalue weighted by molar-refractivity contribution is -0.179. The van der Waals surface area contributed by atoms with Gasteiger partial charge in [0.1, 0.15) is 13.2 Å². The van der Waals surface area contributed by atoms with Crippen molar-refractivity contribution < 1.29 is 43.0 Å². The number of esters is 2. The molecule has 4 amide bonds. The number of ether oxygens (including phenoxy) is 3.